The Balaban J connectivity index is 3.64. The van der Waals surface area contributed by atoms with Gasteiger partial charge >= 0.3 is 0 Å². The minimum atomic E-state index is 0.676. The zero-order valence-corrected chi connectivity index (χ0v) is 6.36. The molecule has 0 amide bonds. The van der Waals surface area contributed by atoms with Gasteiger partial charge in [0, 0.05) is 6.39 Å². The normalized spacial score (nSPS) is 8.25. The third kappa shape index (κ3) is 2.34. The Labute approximate surface area is 55.0 Å². The Kier molecular flexibility index (Phi) is 3.11. The second-order valence-corrected chi connectivity index (χ2v) is 2.88. The van der Waals surface area contributed by atoms with Gasteiger partial charge in [-0.25, -0.2) is 0 Å². The second kappa shape index (κ2) is 3.11. The van der Waals surface area contributed by atoms with E-state index in [1.807, 2.05) is 0 Å². The van der Waals surface area contributed by atoms with Crippen molar-refractivity contribution in [3.8, 4) is 0 Å². The molecule has 0 saturated carbocycles. The molecule has 0 atom stereocenters. The summed E-state index contributed by atoms with van der Waals surface area (Å²) >= 11 is 0. The molecule has 0 aromatic heterocycles. The van der Waals surface area contributed by atoms with Gasteiger partial charge in [0.1, 0.15) is 6.60 Å². The number of allylic oxidation sites excluding steroid dienone is 1. The minimum absolute atomic E-state index is 0.676. The zero-order chi connectivity index (χ0) is 6.73. The molecule has 0 radical (unpaired) electrons. The molecule has 0 N–H and O–H groups in total. The van der Waals surface area contributed by atoms with Gasteiger partial charge in [-0.1, -0.05) is 13.7 Å². The molecule has 0 spiro atoms. The Morgan fingerprint density at radius 3 is 1.88 bits per heavy atom. The quantitative estimate of drug-likeness (QED) is 0.396. The van der Waals surface area contributed by atoms with E-state index in [1.165, 1.54) is 5.47 Å². The van der Waals surface area contributed by atoms with E-state index in [1.54, 1.807) is 0 Å². The molecule has 40 valence electrons. The van der Waals surface area contributed by atoms with Gasteiger partial charge in [0.15, 0.2) is 0 Å². The van der Waals surface area contributed by atoms with Gasteiger partial charge in [0.05, 0.1) is 15.5 Å². The molecule has 0 unspecified atom stereocenters. The van der Waals surface area contributed by atoms with Gasteiger partial charge in [0.2, 0.25) is 0 Å². The van der Waals surface area contributed by atoms with E-state index < -0.39 is 0 Å². The molecule has 0 aromatic carbocycles. The fraction of sp³-hybridized carbons (Fsp3) is 0.500. The summed E-state index contributed by atoms with van der Waals surface area (Å²) in [4.78, 5) is 0. The van der Waals surface area contributed by atoms with Crippen molar-refractivity contribution in [1.82, 2.24) is 0 Å². The van der Waals surface area contributed by atoms with E-state index >= 15 is 0 Å². The molecule has 8 heavy (non-hydrogen) atoms. The van der Waals surface area contributed by atoms with Crippen LogP contribution in [0.25, 0.3) is 0 Å². The molecule has 0 aliphatic carbocycles. The molecular formula is C4H12B4. The first-order valence-corrected chi connectivity index (χ1v) is 3.21. The maximum atomic E-state index is 3.88. The summed E-state index contributed by atoms with van der Waals surface area (Å²) in [7, 11) is 4.44. The average molecular weight is 103 g/mol. The summed E-state index contributed by atoms with van der Waals surface area (Å²) in [5.74, 6) is 0. The fourth-order valence-corrected chi connectivity index (χ4v) is 0.569. The molecule has 0 aliphatic rings. The summed E-state index contributed by atoms with van der Waals surface area (Å²) in [5, 5.41) is 0. The van der Waals surface area contributed by atoms with E-state index in [4.69, 9.17) is 0 Å². The molecule has 0 aliphatic heterocycles. The SMILES string of the molecule is BB(B)B(C)C(=C)C. The maximum absolute atomic E-state index is 3.88. The number of rotatable bonds is 2. The highest BCUT2D eigenvalue weighted by Gasteiger charge is 2.12. The van der Waals surface area contributed by atoms with Crippen LogP contribution in [0.15, 0.2) is 12.1 Å². The molecule has 0 nitrogen and oxygen atoms in total. The molecule has 4 heteroatoms. The van der Waals surface area contributed by atoms with E-state index in [2.05, 4.69) is 35.8 Å². The van der Waals surface area contributed by atoms with Gasteiger partial charge in [-0.2, -0.15) is 0 Å². The van der Waals surface area contributed by atoms with Crippen molar-refractivity contribution in [2.24, 2.45) is 0 Å². The predicted octanol–water partition coefficient (Wildman–Crippen LogP) is -0.941. The fourth-order valence-electron chi connectivity index (χ4n) is 0.569. The van der Waals surface area contributed by atoms with E-state index in [0.29, 0.717) is 6.60 Å². The first-order valence-electron chi connectivity index (χ1n) is 3.21. The van der Waals surface area contributed by atoms with Crippen LogP contribution in [0.5, 0.6) is 0 Å². The minimum Gasteiger partial charge on any atom is -0.121 e. The lowest BCUT2D eigenvalue weighted by atomic mass is 8.92. The van der Waals surface area contributed by atoms with Gasteiger partial charge in [0.25, 0.3) is 0 Å². The van der Waals surface area contributed by atoms with Crippen molar-refractivity contribution in [1.29, 1.82) is 0 Å². The average Bonchev–Trinajstić information content (AvgIpc) is 1.64. The molecule has 0 aromatic rings. The van der Waals surface area contributed by atoms with Crippen LogP contribution in [-0.4, -0.2) is 28.5 Å². The highest BCUT2D eigenvalue weighted by molar-refractivity contribution is 7.59. The largest absolute Gasteiger partial charge is 0.121 e. The maximum Gasteiger partial charge on any atom is 0.118 e. The van der Waals surface area contributed by atoms with Crippen LogP contribution in [0.4, 0.5) is 0 Å². The predicted molar refractivity (Wildman–Crippen MR) is 49.3 cm³/mol. The van der Waals surface area contributed by atoms with E-state index in [0.717, 1.165) is 6.39 Å². The van der Waals surface area contributed by atoms with Crippen LogP contribution in [-0.2, 0) is 0 Å². The summed E-state index contributed by atoms with van der Waals surface area (Å²) in [5.41, 5.74) is 1.29. The van der Waals surface area contributed by atoms with Crippen molar-refractivity contribution in [2.45, 2.75) is 13.7 Å². The Morgan fingerprint density at radius 1 is 1.50 bits per heavy atom. The van der Waals surface area contributed by atoms with Crippen molar-refractivity contribution in [3.05, 3.63) is 12.1 Å². The summed E-state index contributed by atoms with van der Waals surface area (Å²) in [6, 6.07) is 0. The lowest BCUT2D eigenvalue weighted by molar-refractivity contribution is 1.68. The number of hydrogen-bond acceptors (Lipinski definition) is 0. The van der Waals surface area contributed by atoms with Crippen LogP contribution in [0.1, 0.15) is 6.92 Å². The molecule has 0 bridgehead atoms. The summed E-state index contributed by atoms with van der Waals surface area (Å²) < 4.78 is 0. The van der Waals surface area contributed by atoms with Crippen molar-refractivity contribution < 1.29 is 0 Å². The monoisotopic (exact) mass is 104 g/mol. The van der Waals surface area contributed by atoms with Crippen molar-refractivity contribution in [2.75, 3.05) is 0 Å². The molecule has 0 saturated heterocycles. The van der Waals surface area contributed by atoms with Crippen LogP contribution in [0.3, 0.4) is 0 Å². The third-order valence-corrected chi connectivity index (χ3v) is 1.78. The standard InChI is InChI=1S/C4H12B4/c1-4(2)7(3)8(5)6/h1,5-6H2,2-3H3. The number of hydrogen-bond donors (Lipinski definition) is 0. The van der Waals surface area contributed by atoms with Gasteiger partial charge < -0.3 is 0 Å². The first kappa shape index (κ1) is 8.00. The molecule has 0 rings (SSSR count). The highest BCUT2D eigenvalue weighted by Crippen LogP contribution is 1.94. The Bertz CT molecular complexity index is 88.0. The Morgan fingerprint density at radius 2 is 1.88 bits per heavy atom. The van der Waals surface area contributed by atoms with Crippen LogP contribution in [0.2, 0.25) is 6.82 Å². The van der Waals surface area contributed by atoms with Crippen LogP contribution < -0.4 is 0 Å². The molecule has 0 heterocycles. The molecule has 0 fully saturated rings. The van der Waals surface area contributed by atoms with Gasteiger partial charge in [-0.3, -0.25) is 0 Å². The van der Waals surface area contributed by atoms with E-state index in [9.17, 15) is 0 Å². The Hall–Kier alpha value is -0.000260. The van der Waals surface area contributed by atoms with E-state index in [-0.39, 0.29) is 0 Å². The highest BCUT2D eigenvalue weighted by atomic mass is 13.6. The summed E-state index contributed by atoms with van der Waals surface area (Å²) in [6.45, 7) is 8.86. The topological polar surface area (TPSA) is 0 Å². The summed E-state index contributed by atoms with van der Waals surface area (Å²) in [6.07, 6.45) is 0.743. The molecular weight excluding hydrogens is 91.3 g/mol. The lowest BCUT2D eigenvalue weighted by Crippen LogP contribution is -2.35. The van der Waals surface area contributed by atoms with Crippen molar-refractivity contribution in [3.63, 3.8) is 0 Å². The zero-order valence-electron chi connectivity index (χ0n) is 6.36. The van der Waals surface area contributed by atoms with Crippen molar-refractivity contribution >= 4 is 28.5 Å². The smallest absolute Gasteiger partial charge is 0.118 e. The van der Waals surface area contributed by atoms with Gasteiger partial charge in [-0.05, 0) is 0 Å². The second-order valence-electron chi connectivity index (χ2n) is 2.88. The third-order valence-electron chi connectivity index (χ3n) is 1.78. The lowest BCUT2D eigenvalue weighted by Gasteiger charge is -2.07. The first-order chi connectivity index (χ1) is 3.55. The van der Waals surface area contributed by atoms with Crippen LogP contribution in [0, 0.1) is 0 Å². The van der Waals surface area contributed by atoms with Crippen LogP contribution >= 0.6 is 0 Å². The van der Waals surface area contributed by atoms with Gasteiger partial charge in [-0.15, -0.1) is 12.1 Å².